The number of anilines is 1. The van der Waals surface area contributed by atoms with E-state index in [2.05, 4.69) is 34.6 Å². The second-order valence-corrected chi connectivity index (χ2v) is 5.12. The molecule has 1 N–H and O–H groups in total. The van der Waals surface area contributed by atoms with E-state index >= 15 is 0 Å². The number of benzene rings is 1. The molecule has 1 aromatic heterocycles. The highest BCUT2D eigenvalue weighted by atomic mass is 35.5. The zero-order chi connectivity index (χ0) is 12.4. The summed E-state index contributed by atoms with van der Waals surface area (Å²) < 4.78 is 0. The highest BCUT2D eigenvalue weighted by Gasteiger charge is 2.22. The molecule has 0 amide bonds. The summed E-state index contributed by atoms with van der Waals surface area (Å²) in [6, 6.07) is 12.6. The molecule has 0 saturated heterocycles. The van der Waals surface area contributed by atoms with Crippen molar-refractivity contribution in [2.45, 2.75) is 25.3 Å². The minimum Gasteiger partial charge on any atom is -0.381 e. The second kappa shape index (κ2) is 4.99. The summed E-state index contributed by atoms with van der Waals surface area (Å²) in [5.41, 5.74) is 3.76. The van der Waals surface area contributed by atoms with E-state index in [-0.39, 0.29) is 0 Å². The smallest absolute Gasteiger partial charge is 0.131 e. The third-order valence-corrected chi connectivity index (χ3v) is 3.46. The number of aromatic nitrogens is 1. The lowest BCUT2D eigenvalue weighted by molar-refractivity contribution is 1.10. The number of pyridine rings is 1. The number of halogens is 1. The van der Waals surface area contributed by atoms with Gasteiger partial charge in [-0.1, -0.05) is 35.9 Å². The Labute approximate surface area is 112 Å². The molecule has 0 radical (unpaired) electrons. The molecule has 0 spiro atoms. The normalized spacial score (nSPS) is 14.5. The van der Waals surface area contributed by atoms with Crippen molar-refractivity contribution in [1.29, 1.82) is 0 Å². The SMILES string of the molecule is Clc1cc(NCc2ccc(C3CC3)cc2)ccn1. The van der Waals surface area contributed by atoms with Gasteiger partial charge in [0.05, 0.1) is 0 Å². The molecule has 1 aliphatic carbocycles. The third kappa shape index (κ3) is 2.82. The summed E-state index contributed by atoms with van der Waals surface area (Å²) in [5.74, 6) is 0.825. The maximum Gasteiger partial charge on any atom is 0.131 e. The van der Waals surface area contributed by atoms with E-state index in [1.807, 2.05) is 12.1 Å². The summed E-state index contributed by atoms with van der Waals surface area (Å²) in [7, 11) is 0. The first-order valence-electron chi connectivity index (χ1n) is 6.25. The van der Waals surface area contributed by atoms with Crippen LogP contribution in [-0.2, 0) is 6.54 Å². The molecule has 2 nitrogen and oxygen atoms in total. The maximum atomic E-state index is 5.84. The van der Waals surface area contributed by atoms with Gasteiger partial charge in [-0.3, -0.25) is 0 Å². The van der Waals surface area contributed by atoms with Crippen molar-refractivity contribution >= 4 is 17.3 Å². The van der Waals surface area contributed by atoms with Crippen LogP contribution in [0.25, 0.3) is 0 Å². The number of nitrogens with zero attached hydrogens (tertiary/aromatic N) is 1. The van der Waals surface area contributed by atoms with E-state index < -0.39 is 0 Å². The van der Waals surface area contributed by atoms with Crippen LogP contribution in [-0.4, -0.2) is 4.98 Å². The van der Waals surface area contributed by atoms with Gasteiger partial charge in [0, 0.05) is 18.4 Å². The van der Waals surface area contributed by atoms with Crippen LogP contribution in [0.15, 0.2) is 42.6 Å². The largest absolute Gasteiger partial charge is 0.381 e. The van der Waals surface area contributed by atoms with Gasteiger partial charge in [0.2, 0.25) is 0 Å². The lowest BCUT2D eigenvalue weighted by Gasteiger charge is -2.07. The Morgan fingerprint density at radius 3 is 2.61 bits per heavy atom. The molecule has 0 atom stereocenters. The average Bonchev–Trinajstić information content (AvgIpc) is 3.21. The second-order valence-electron chi connectivity index (χ2n) is 4.74. The molecule has 3 heteroatoms. The van der Waals surface area contributed by atoms with Crippen molar-refractivity contribution in [3.8, 4) is 0 Å². The van der Waals surface area contributed by atoms with Crippen LogP contribution in [0.1, 0.15) is 29.9 Å². The fourth-order valence-electron chi connectivity index (χ4n) is 2.04. The molecule has 18 heavy (non-hydrogen) atoms. The van der Waals surface area contributed by atoms with Crippen LogP contribution in [0.3, 0.4) is 0 Å². The van der Waals surface area contributed by atoms with E-state index in [1.54, 1.807) is 6.20 Å². The van der Waals surface area contributed by atoms with Crippen molar-refractivity contribution in [3.63, 3.8) is 0 Å². The molecule has 3 rings (SSSR count). The number of nitrogens with one attached hydrogen (secondary N) is 1. The number of hydrogen-bond acceptors (Lipinski definition) is 2. The van der Waals surface area contributed by atoms with Crippen molar-refractivity contribution in [2.75, 3.05) is 5.32 Å². The average molecular weight is 259 g/mol. The summed E-state index contributed by atoms with van der Waals surface area (Å²) in [6.45, 7) is 0.811. The van der Waals surface area contributed by atoms with Crippen LogP contribution >= 0.6 is 11.6 Å². The predicted octanol–water partition coefficient (Wildman–Crippen LogP) is 4.22. The molecule has 0 bridgehead atoms. The van der Waals surface area contributed by atoms with Gasteiger partial charge in [-0.25, -0.2) is 4.98 Å². The number of rotatable bonds is 4. The van der Waals surface area contributed by atoms with Gasteiger partial charge in [0.25, 0.3) is 0 Å². The lowest BCUT2D eigenvalue weighted by atomic mass is 10.1. The van der Waals surface area contributed by atoms with Gasteiger partial charge in [0.15, 0.2) is 0 Å². The molecule has 92 valence electrons. The highest BCUT2D eigenvalue weighted by Crippen LogP contribution is 2.39. The molecular formula is C15H15ClN2. The Morgan fingerprint density at radius 1 is 1.17 bits per heavy atom. The van der Waals surface area contributed by atoms with Gasteiger partial charge in [-0.2, -0.15) is 0 Å². The van der Waals surface area contributed by atoms with E-state index in [0.29, 0.717) is 5.15 Å². The summed E-state index contributed by atoms with van der Waals surface area (Å²) >= 11 is 5.84. The molecule has 2 aromatic rings. The predicted molar refractivity (Wildman–Crippen MR) is 75.0 cm³/mol. The molecule has 1 heterocycles. The summed E-state index contributed by atoms with van der Waals surface area (Å²) in [6.07, 6.45) is 4.42. The van der Waals surface area contributed by atoms with Gasteiger partial charge in [-0.05, 0) is 42.0 Å². The van der Waals surface area contributed by atoms with Crippen LogP contribution in [0.4, 0.5) is 5.69 Å². The fraction of sp³-hybridized carbons (Fsp3) is 0.267. The lowest BCUT2D eigenvalue weighted by Crippen LogP contribution is -1.99. The van der Waals surface area contributed by atoms with Crippen molar-refractivity contribution in [2.24, 2.45) is 0 Å². The number of hydrogen-bond donors (Lipinski definition) is 1. The van der Waals surface area contributed by atoms with Gasteiger partial charge in [-0.15, -0.1) is 0 Å². The first-order chi connectivity index (χ1) is 8.81. The monoisotopic (exact) mass is 258 g/mol. The summed E-state index contributed by atoms with van der Waals surface area (Å²) in [5, 5.41) is 3.86. The van der Waals surface area contributed by atoms with Crippen LogP contribution < -0.4 is 5.32 Å². The van der Waals surface area contributed by atoms with E-state index in [0.717, 1.165) is 18.2 Å². The molecule has 1 aliphatic rings. The van der Waals surface area contributed by atoms with Crippen LogP contribution in [0.5, 0.6) is 0 Å². The molecule has 1 saturated carbocycles. The standard InChI is InChI=1S/C15H15ClN2/c16-15-9-14(7-8-17-15)18-10-11-1-3-12(4-2-11)13-5-6-13/h1-4,7-9,13H,5-6,10H2,(H,17,18). The van der Waals surface area contributed by atoms with Gasteiger partial charge >= 0.3 is 0 Å². The van der Waals surface area contributed by atoms with Crippen LogP contribution in [0, 0.1) is 0 Å². The Morgan fingerprint density at radius 2 is 1.94 bits per heavy atom. The minimum absolute atomic E-state index is 0.518. The van der Waals surface area contributed by atoms with Gasteiger partial charge in [0.1, 0.15) is 5.15 Å². The van der Waals surface area contributed by atoms with E-state index in [4.69, 9.17) is 11.6 Å². The Hall–Kier alpha value is -1.54. The van der Waals surface area contributed by atoms with E-state index in [9.17, 15) is 0 Å². The summed E-state index contributed by atoms with van der Waals surface area (Å²) in [4.78, 5) is 3.96. The van der Waals surface area contributed by atoms with E-state index in [1.165, 1.54) is 24.0 Å². The molecule has 1 fully saturated rings. The molecule has 0 unspecified atom stereocenters. The maximum absolute atomic E-state index is 5.84. The molecule has 1 aromatic carbocycles. The topological polar surface area (TPSA) is 24.9 Å². The quantitative estimate of drug-likeness (QED) is 0.831. The van der Waals surface area contributed by atoms with Crippen molar-refractivity contribution < 1.29 is 0 Å². The highest BCUT2D eigenvalue weighted by molar-refractivity contribution is 6.29. The first kappa shape index (κ1) is 11.5. The van der Waals surface area contributed by atoms with Crippen molar-refractivity contribution in [3.05, 3.63) is 58.9 Å². The molecule has 0 aliphatic heterocycles. The van der Waals surface area contributed by atoms with Gasteiger partial charge < -0.3 is 5.32 Å². The Kier molecular flexibility index (Phi) is 3.20. The third-order valence-electron chi connectivity index (χ3n) is 3.25. The first-order valence-corrected chi connectivity index (χ1v) is 6.63. The minimum atomic E-state index is 0.518. The zero-order valence-corrected chi connectivity index (χ0v) is 10.8. The van der Waals surface area contributed by atoms with Crippen molar-refractivity contribution in [1.82, 2.24) is 4.98 Å². The van der Waals surface area contributed by atoms with Crippen LogP contribution in [0.2, 0.25) is 5.15 Å². The Balaban J connectivity index is 1.62. The fourth-order valence-corrected chi connectivity index (χ4v) is 2.21. The zero-order valence-electron chi connectivity index (χ0n) is 10.1. The Bertz CT molecular complexity index is 532. The molecular weight excluding hydrogens is 244 g/mol.